The molecule has 1 aromatic carbocycles. The lowest BCUT2D eigenvalue weighted by atomic mass is 10.1. The van der Waals surface area contributed by atoms with E-state index >= 15 is 0 Å². The molecule has 1 aliphatic rings. The van der Waals surface area contributed by atoms with Crippen LogP contribution in [0.5, 0.6) is 0 Å². The van der Waals surface area contributed by atoms with Crippen LogP contribution in [0.15, 0.2) is 30.5 Å². The lowest BCUT2D eigenvalue weighted by molar-refractivity contribution is -0.383. The second-order valence-electron chi connectivity index (χ2n) is 6.29. The summed E-state index contributed by atoms with van der Waals surface area (Å²) >= 11 is 0. The highest BCUT2D eigenvalue weighted by Crippen LogP contribution is 2.26. The fourth-order valence-corrected chi connectivity index (χ4v) is 3.36. The predicted octanol–water partition coefficient (Wildman–Crippen LogP) is 1.68. The molecule has 1 aliphatic heterocycles. The van der Waals surface area contributed by atoms with Gasteiger partial charge in [0.1, 0.15) is 6.54 Å². The molecule has 0 radical (unpaired) electrons. The van der Waals surface area contributed by atoms with E-state index in [9.17, 15) is 19.7 Å². The summed E-state index contributed by atoms with van der Waals surface area (Å²) in [5.74, 6) is -0.151. The normalized spacial score (nSPS) is 17.5. The highest BCUT2D eigenvalue weighted by atomic mass is 16.6. The van der Waals surface area contributed by atoms with E-state index in [0.717, 1.165) is 12.8 Å². The molecule has 3 rings (SSSR count). The number of nitro benzene ring substituents is 1. The van der Waals surface area contributed by atoms with Crippen LogP contribution in [-0.4, -0.2) is 45.3 Å². The van der Waals surface area contributed by atoms with Gasteiger partial charge in [-0.05, 0) is 25.0 Å². The molecular weight excluding hydrogens is 324 g/mol. The lowest BCUT2D eigenvalue weighted by Crippen LogP contribution is -2.49. The minimum Gasteiger partial charge on any atom is -0.352 e. The number of benzene rings is 1. The molecule has 0 aliphatic carbocycles. The van der Waals surface area contributed by atoms with E-state index in [2.05, 4.69) is 5.32 Å². The molecule has 1 atom stereocenters. The van der Waals surface area contributed by atoms with Crippen LogP contribution in [0.1, 0.15) is 19.8 Å². The summed E-state index contributed by atoms with van der Waals surface area (Å²) in [5, 5.41) is 14.5. The van der Waals surface area contributed by atoms with Crippen LogP contribution in [0.2, 0.25) is 0 Å². The smallest absolute Gasteiger partial charge is 0.278 e. The number of likely N-dealkylation sites (tertiary alicyclic amines) is 1. The van der Waals surface area contributed by atoms with Crippen molar-refractivity contribution in [2.45, 2.75) is 32.4 Å². The third-order valence-corrected chi connectivity index (χ3v) is 4.47. The Morgan fingerprint density at radius 3 is 2.88 bits per heavy atom. The number of carbonyl (C=O) groups excluding carboxylic acids is 2. The number of nitrogens with one attached hydrogen (secondary N) is 1. The average Bonchev–Trinajstić information content (AvgIpc) is 2.97. The Morgan fingerprint density at radius 1 is 1.36 bits per heavy atom. The van der Waals surface area contributed by atoms with Crippen LogP contribution < -0.4 is 5.32 Å². The van der Waals surface area contributed by atoms with E-state index in [0.29, 0.717) is 24.0 Å². The molecule has 1 saturated heterocycles. The van der Waals surface area contributed by atoms with Gasteiger partial charge >= 0.3 is 0 Å². The summed E-state index contributed by atoms with van der Waals surface area (Å²) in [6.45, 7) is 2.75. The second kappa shape index (κ2) is 6.92. The number of carbonyl (C=O) groups is 2. The van der Waals surface area contributed by atoms with Crippen LogP contribution in [0.25, 0.3) is 10.9 Å². The first kappa shape index (κ1) is 16.9. The standard InChI is InChI=1S/C17H20N4O4/c1-12(22)18-13-4-3-8-20(10-13)17(23)11-19-9-7-14-15(19)5-2-6-16(14)21(24)25/h2,5-7,9,13H,3-4,8,10-11H2,1H3,(H,18,22)/t13-/m0/s1. The number of nitro groups is 1. The van der Waals surface area contributed by atoms with E-state index in [1.807, 2.05) is 0 Å². The molecule has 132 valence electrons. The number of aromatic nitrogens is 1. The minimum absolute atomic E-state index is 0.0160. The lowest BCUT2D eigenvalue weighted by Gasteiger charge is -2.33. The van der Waals surface area contributed by atoms with E-state index in [-0.39, 0.29) is 30.1 Å². The zero-order valence-electron chi connectivity index (χ0n) is 14.0. The molecule has 2 heterocycles. The topological polar surface area (TPSA) is 97.5 Å². The van der Waals surface area contributed by atoms with Crippen LogP contribution in [-0.2, 0) is 16.1 Å². The van der Waals surface area contributed by atoms with Gasteiger partial charge < -0.3 is 14.8 Å². The maximum absolute atomic E-state index is 12.6. The third-order valence-electron chi connectivity index (χ3n) is 4.47. The Morgan fingerprint density at radius 2 is 2.16 bits per heavy atom. The van der Waals surface area contributed by atoms with Crippen molar-refractivity contribution in [1.29, 1.82) is 0 Å². The largest absolute Gasteiger partial charge is 0.352 e. The van der Waals surface area contributed by atoms with Gasteiger partial charge in [-0.2, -0.15) is 0 Å². The van der Waals surface area contributed by atoms with Gasteiger partial charge in [0.15, 0.2) is 0 Å². The summed E-state index contributed by atoms with van der Waals surface area (Å²) < 4.78 is 1.73. The van der Waals surface area contributed by atoms with Gasteiger partial charge in [-0.1, -0.05) is 6.07 Å². The van der Waals surface area contributed by atoms with Gasteiger partial charge in [-0.25, -0.2) is 0 Å². The zero-order chi connectivity index (χ0) is 18.0. The maximum atomic E-state index is 12.6. The summed E-state index contributed by atoms with van der Waals surface area (Å²) in [6.07, 6.45) is 3.40. The van der Waals surface area contributed by atoms with Gasteiger partial charge in [0.05, 0.1) is 15.8 Å². The summed E-state index contributed by atoms with van der Waals surface area (Å²) in [7, 11) is 0. The number of rotatable bonds is 4. The SMILES string of the molecule is CC(=O)N[C@H]1CCCN(C(=O)Cn2ccc3c([N+](=O)[O-])cccc32)C1. The molecular formula is C17H20N4O4. The zero-order valence-corrected chi connectivity index (χ0v) is 14.0. The monoisotopic (exact) mass is 344 g/mol. The molecule has 2 aromatic rings. The van der Waals surface area contributed by atoms with Gasteiger partial charge in [-0.15, -0.1) is 0 Å². The van der Waals surface area contributed by atoms with Crippen LogP contribution in [0.4, 0.5) is 5.69 Å². The fourth-order valence-electron chi connectivity index (χ4n) is 3.36. The molecule has 8 heteroatoms. The second-order valence-corrected chi connectivity index (χ2v) is 6.29. The minimum atomic E-state index is -0.419. The van der Waals surface area contributed by atoms with Crippen molar-refractivity contribution < 1.29 is 14.5 Å². The van der Waals surface area contributed by atoms with Crippen molar-refractivity contribution in [3.63, 3.8) is 0 Å². The number of hydrogen-bond donors (Lipinski definition) is 1. The number of amides is 2. The van der Waals surface area contributed by atoms with Crippen molar-refractivity contribution in [3.05, 3.63) is 40.6 Å². The van der Waals surface area contributed by atoms with Gasteiger partial charge in [-0.3, -0.25) is 19.7 Å². The molecule has 0 saturated carbocycles. The highest BCUT2D eigenvalue weighted by molar-refractivity contribution is 5.90. The Hall–Kier alpha value is -2.90. The van der Waals surface area contributed by atoms with Gasteiger partial charge in [0.25, 0.3) is 5.69 Å². The first-order chi connectivity index (χ1) is 12.0. The number of fused-ring (bicyclic) bond motifs is 1. The van der Waals surface area contributed by atoms with Crippen molar-refractivity contribution in [1.82, 2.24) is 14.8 Å². The molecule has 0 spiro atoms. The molecule has 0 unspecified atom stereocenters. The Kier molecular flexibility index (Phi) is 4.69. The quantitative estimate of drug-likeness (QED) is 0.674. The molecule has 1 N–H and O–H groups in total. The van der Waals surface area contributed by atoms with Crippen molar-refractivity contribution >= 4 is 28.4 Å². The number of piperidine rings is 1. The van der Waals surface area contributed by atoms with E-state index in [1.165, 1.54) is 13.0 Å². The van der Waals surface area contributed by atoms with Gasteiger partial charge in [0.2, 0.25) is 11.8 Å². The average molecular weight is 344 g/mol. The summed E-state index contributed by atoms with van der Waals surface area (Å²) in [6, 6.07) is 6.49. The molecule has 0 bridgehead atoms. The number of non-ortho nitro benzene ring substituents is 1. The van der Waals surface area contributed by atoms with E-state index in [4.69, 9.17) is 0 Å². The first-order valence-corrected chi connectivity index (χ1v) is 8.23. The Labute approximate surface area is 144 Å². The number of hydrogen-bond acceptors (Lipinski definition) is 4. The maximum Gasteiger partial charge on any atom is 0.278 e. The predicted molar refractivity (Wildman–Crippen MR) is 92.0 cm³/mol. The third kappa shape index (κ3) is 3.62. The van der Waals surface area contributed by atoms with Crippen LogP contribution >= 0.6 is 0 Å². The summed E-state index contributed by atoms with van der Waals surface area (Å²) in [4.78, 5) is 36.3. The Bertz CT molecular complexity index is 829. The Balaban J connectivity index is 1.75. The van der Waals surface area contributed by atoms with Crippen molar-refractivity contribution in [2.75, 3.05) is 13.1 Å². The van der Waals surface area contributed by atoms with Crippen LogP contribution in [0.3, 0.4) is 0 Å². The molecule has 1 aromatic heterocycles. The molecule has 8 nitrogen and oxygen atoms in total. The van der Waals surface area contributed by atoms with Crippen molar-refractivity contribution in [3.8, 4) is 0 Å². The number of nitrogens with zero attached hydrogens (tertiary/aromatic N) is 3. The molecule has 25 heavy (non-hydrogen) atoms. The van der Waals surface area contributed by atoms with Crippen molar-refractivity contribution in [2.24, 2.45) is 0 Å². The first-order valence-electron chi connectivity index (χ1n) is 8.23. The van der Waals surface area contributed by atoms with Gasteiger partial charge in [0, 0.05) is 38.3 Å². The summed E-state index contributed by atoms with van der Waals surface area (Å²) in [5.41, 5.74) is 0.699. The molecule has 2 amide bonds. The molecule has 1 fully saturated rings. The van der Waals surface area contributed by atoms with E-state index < -0.39 is 4.92 Å². The highest BCUT2D eigenvalue weighted by Gasteiger charge is 2.24. The van der Waals surface area contributed by atoms with Crippen LogP contribution in [0, 0.1) is 10.1 Å². The van der Waals surface area contributed by atoms with E-state index in [1.54, 1.807) is 33.9 Å². The fraction of sp³-hybridized carbons (Fsp3) is 0.412.